The first-order valence-electron chi connectivity index (χ1n) is 10.3. The summed E-state index contributed by atoms with van der Waals surface area (Å²) >= 11 is 0. The molecule has 2 aromatic carbocycles. The molecule has 22 heavy (non-hydrogen) atoms. The number of benzene rings is 2. The highest BCUT2D eigenvalue weighted by molar-refractivity contribution is 5.70. The number of rotatable bonds is 3. The van der Waals surface area contributed by atoms with Crippen LogP contribution in [0.3, 0.4) is 0 Å². The average molecular weight is 298 g/mol. The maximum absolute atomic E-state index is 14.6. The highest BCUT2D eigenvalue weighted by Crippen LogP contribution is 2.28. The van der Waals surface area contributed by atoms with E-state index in [0.717, 1.165) is 17.7 Å². The van der Waals surface area contributed by atoms with Crippen LogP contribution in [0.25, 0.3) is 22.4 Å². The predicted octanol–water partition coefficient (Wildman–Crippen LogP) is 5.68. The molecule has 0 spiro atoms. The second kappa shape index (κ2) is 6.10. The molecule has 0 fully saturated rings. The van der Waals surface area contributed by atoms with Gasteiger partial charge in [0.1, 0.15) is 5.82 Å². The summed E-state index contributed by atoms with van der Waals surface area (Å²) in [5, 5.41) is 0. The molecule has 1 heterocycles. The maximum atomic E-state index is 14.6. The van der Waals surface area contributed by atoms with Crippen LogP contribution in [0.2, 0.25) is 0 Å². The fourth-order valence-electron chi connectivity index (χ4n) is 2.27. The van der Waals surface area contributed by atoms with Gasteiger partial charge in [0.2, 0.25) is 0 Å². The Morgan fingerprint density at radius 2 is 1.73 bits per heavy atom. The van der Waals surface area contributed by atoms with Crippen molar-refractivity contribution in [3.63, 3.8) is 0 Å². The zero-order valence-electron chi connectivity index (χ0n) is 18.7. The van der Waals surface area contributed by atoms with Gasteiger partial charge in [-0.1, -0.05) is 50.1 Å². The standard InChI is InChI=1S/C20H18FN/c1-14(2)18-12-16(8-9-19(18)21)17-10-11-22-20(13-17)15-6-4-3-5-7-15/h3-14H,1-2H3/i1D3,2D3,14D. The lowest BCUT2D eigenvalue weighted by atomic mass is 9.96. The van der Waals surface area contributed by atoms with E-state index in [2.05, 4.69) is 4.98 Å². The topological polar surface area (TPSA) is 12.9 Å². The lowest BCUT2D eigenvalue weighted by Gasteiger charge is -2.11. The highest BCUT2D eigenvalue weighted by atomic mass is 19.1. The van der Waals surface area contributed by atoms with Crippen LogP contribution in [0.4, 0.5) is 4.39 Å². The summed E-state index contributed by atoms with van der Waals surface area (Å²) < 4.78 is 68.5. The third-order valence-electron chi connectivity index (χ3n) is 3.40. The van der Waals surface area contributed by atoms with E-state index in [-0.39, 0.29) is 0 Å². The summed E-state index contributed by atoms with van der Waals surface area (Å²) in [7, 11) is 0. The van der Waals surface area contributed by atoms with Crippen molar-refractivity contribution in [2.75, 3.05) is 0 Å². The number of hydrogen-bond donors (Lipinski definition) is 0. The Kier molecular flexibility index (Phi) is 2.28. The molecular formula is C20H18FN. The zero-order valence-corrected chi connectivity index (χ0v) is 11.7. The Morgan fingerprint density at radius 3 is 2.50 bits per heavy atom. The van der Waals surface area contributed by atoms with Gasteiger partial charge < -0.3 is 0 Å². The number of aromatic nitrogens is 1. The van der Waals surface area contributed by atoms with Crippen molar-refractivity contribution >= 4 is 0 Å². The Morgan fingerprint density at radius 1 is 0.955 bits per heavy atom. The van der Waals surface area contributed by atoms with Crippen LogP contribution < -0.4 is 0 Å². The summed E-state index contributed by atoms with van der Waals surface area (Å²) in [6, 6.07) is 16.3. The summed E-state index contributed by atoms with van der Waals surface area (Å²) in [5.74, 6) is -4.15. The van der Waals surface area contributed by atoms with Gasteiger partial charge in [-0.25, -0.2) is 4.39 Å². The van der Waals surface area contributed by atoms with Crippen molar-refractivity contribution in [1.29, 1.82) is 0 Å². The zero-order chi connectivity index (χ0) is 21.4. The second-order valence-electron chi connectivity index (χ2n) is 4.87. The molecule has 1 aromatic heterocycles. The van der Waals surface area contributed by atoms with Gasteiger partial charge in [0.15, 0.2) is 0 Å². The van der Waals surface area contributed by atoms with Gasteiger partial charge in [0.25, 0.3) is 0 Å². The molecule has 2 heteroatoms. The minimum absolute atomic E-state index is 0.395. The molecule has 0 atom stereocenters. The van der Waals surface area contributed by atoms with E-state index in [9.17, 15) is 4.39 Å². The fourth-order valence-corrected chi connectivity index (χ4v) is 2.27. The first-order chi connectivity index (χ1) is 13.4. The normalized spacial score (nSPS) is 17.2. The molecular weight excluding hydrogens is 273 g/mol. The predicted molar refractivity (Wildman–Crippen MR) is 89.2 cm³/mol. The van der Waals surface area contributed by atoms with Crippen molar-refractivity contribution in [2.45, 2.75) is 19.6 Å². The molecule has 0 unspecified atom stereocenters. The quantitative estimate of drug-likeness (QED) is 0.606. The lowest BCUT2D eigenvalue weighted by molar-refractivity contribution is 0.598. The molecule has 1 nitrogen and oxygen atoms in total. The molecule has 0 aliphatic carbocycles. The van der Waals surface area contributed by atoms with E-state index < -0.39 is 31.0 Å². The van der Waals surface area contributed by atoms with Crippen LogP contribution >= 0.6 is 0 Å². The first kappa shape index (κ1) is 8.23. The number of pyridine rings is 1. The Bertz CT molecular complexity index is 999. The van der Waals surface area contributed by atoms with Gasteiger partial charge in [-0.05, 0) is 46.8 Å². The van der Waals surface area contributed by atoms with Crippen molar-refractivity contribution < 1.29 is 14.0 Å². The molecule has 110 valence electrons. The summed E-state index contributed by atoms with van der Waals surface area (Å²) in [6.07, 6.45) is 1.56. The Hall–Kier alpha value is -2.48. The molecule has 0 saturated heterocycles. The first-order valence-corrected chi connectivity index (χ1v) is 6.77. The van der Waals surface area contributed by atoms with Gasteiger partial charge in [-0.2, -0.15) is 0 Å². The van der Waals surface area contributed by atoms with E-state index >= 15 is 0 Å². The fraction of sp³-hybridized carbons (Fsp3) is 0.150. The van der Waals surface area contributed by atoms with Crippen LogP contribution in [-0.2, 0) is 0 Å². The molecule has 0 N–H and O–H groups in total. The number of halogens is 1. The van der Waals surface area contributed by atoms with Crippen LogP contribution in [0.5, 0.6) is 0 Å². The van der Waals surface area contributed by atoms with Crippen LogP contribution in [0, 0.1) is 5.82 Å². The van der Waals surface area contributed by atoms with E-state index in [1.165, 1.54) is 6.07 Å². The number of nitrogens with zero attached hydrogens (tertiary/aromatic N) is 1. The third kappa shape index (κ3) is 2.91. The highest BCUT2D eigenvalue weighted by Gasteiger charge is 2.09. The largest absolute Gasteiger partial charge is 0.256 e. The van der Waals surface area contributed by atoms with Gasteiger partial charge in [0.05, 0.1) is 5.69 Å². The van der Waals surface area contributed by atoms with Gasteiger partial charge >= 0.3 is 0 Å². The van der Waals surface area contributed by atoms with Gasteiger partial charge in [0, 0.05) is 21.4 Å². The van der Waals surface area contributed by atoms with E-state index in [1.54, 1.807) is 18.3 Å². The van der Waals surface area contributed by atoms with E-state index in [0.29, 0.717) is 16.8 Å². The molecule has 0 amide bonds. The van der Waals surface area contributed by atoms with Gasteiger partial charge in [-0.15, -0.1) is 0 Å². The monoisotopic (exact) mass is 298 g/mol. The molecule has 0 aliphatic heterocycles. The average Bonchev–Trinajstić information content (AvgIpc) is 2.67. The molecule has 0 radical (unpaired) electrons. The summed E-state index contributed by atoms with van der Waals surface area (Å²) in [5.41, 5.74) is 1.81. The molecule has 0 saturated carbocycles. The third-order valence-corrected chi connectivity index (χ3v) is 3.40. The molecule has 3 rings (SSSR count). The summed E-state index contributed by atoms with van der Waals surface area (Å²) in [4.78, 5) is 4.31. The second-order valence-corrected chi connectivity index (χ2v) is 4.87. The van der Waals surface area contributed by atoms with E-state index in [1.807, 2.05) is 30.3 Å². The SMILES string of the molecule is [2H]C([2H])([2H])C([2H])(c1cc(-c2ccnc(-c3ccccc3)c2)ccc1F)C([2H])([2H])[2H]. The van der Waals surface area contributed by atoms with Crippen molar-refractivity contribution in [3.8, 4) is 22.4 Å². The van der Waals surface area contributed by atoms with Crippen LogP contribution in [0.15, 0.2) is 66.9 Å². The van der Waals surface area contributed by atoms with Gasteiger partial charge in [-0.3, -0.25) is 4.98 Å². The Balaban J connectivity index is 2.16. The van der Waals surface area contributed by atoms with Crippen molar-refractivity contribution in [2.24, 2.45) is 0 Å². The number of hydrogen-bond acceptors (Lipinski definition) is 1. The van der Waals surface area contributed by atoms with E-state index in [4.69, 9.17) is 9.60 Å². The van der Waals surface area contributed by atoms with Crippen molar-refractivity contribution in [1.82, 2.24) is 4.98 Å². The minimum atomic E-state index is -3.26. The molecule has 3 aromatic rings. The smallest absolute Gasteiger partial charge is 0.126 e. The maximum Gasteiger partial charge on any atom is 0.126 e. The van der Waals surface area contributed by atoms with Crippen LogP contribution in [-0.4, -0.2) is 4.98 Å². The van der Waals surface area contributed by atoms with Crippen LogP contribution in [0.1, 0.15) is 34.8 Å². The molecule has 0 aliphatic rings. The lowest BCUT2D eigenvalue weighted by Crippen LogP contribution is -1.94. The summed E-state index contributed by atoms with van der Waals surface area (Å²) in [6.45, 7) is -6.52. The minimum Gasteiger partial charge on any atom is -0.256 e. The molecule has 0 bridgehead atoms. The Labute approximate surface area is 140 Å². The van der Waals surface area contributed by atoms with Crippen molar-refractivity contribution in [3.05, 3.63) is 78.2 Å².